The molecule has 1 fully saturated rings. The van der Waals surface area contributed by atoms with Crippen LogP contribution in [-0.2, 0) is 6.54 Å². The van der Waals surface area contributed by atoms with E-state index in [9.17, 15) is 9.90 Å². The van der Waals surface area contributed by atoms with Gasteiger partial charge in [0, 0.05) is 37.6 Å². The topological polar surface area (TPSA) is 43.8 Å². The minimum absolute atomic E-state index is 0.0697. The maximum absolute atomic E-state index is 12.8. The molecule has 1 aliphatic rings. The smallest absolute Gasteiger partial charge is 0.257 e. The van der Waals surface area contributed by atoms with E-state index in [0.717, 1.165) is 29.0 Å². The summed E-state index contributed by atoms with van der Waals surface area (Å²) in [6.07, 6.45) is 0. The Hall–Kier alpha value is -1.37. The molecule has 1 aromatic carbocycles. The second-order valence-electron chi connectivity index (χ2n) is 6.71. The third-order valence-corrected chi connectivity index (χ3v) is 6.19. The van der Waals surface area contributed by atoms with Gasteiger partial charge in [-0.15, -0.1) is 11.3 Å². The molecular weight excluding hydrogens is 400 g/mol. The van der Waals surface area contributed by atoms with E-state index in [1.807, 2.05) is 17.0 Å². The summed E-state index contributed by atoms with van der Waals surface area (Å²) in [5.74, 6) is 0.327. The Balaban J connectivity index is 1.62. The van der Waals surface area contributed by atoms with Crippen molar-refractivity contribution in [1.29, 1.82) is 0 Å². The molecule has 2 aromatic rings. The van der Waals surface area contributed by atoms with Gasteiger partial charge >= 0.3 is 0 Å². The Morgan fingerprint density at radius 1 is 1.20 bits per heavy atom. The van der Waals surface area contributed by atoms with E-state index in [1.165, 1.54) is 4.88 Å². The molecule has 1 aromatic heterocycles. The number of hydrogen-bond acceptors (Lipinski definition) is 4. The number of amides is 1. The van der Waals surface area contributed by atoms with Crippen molar-refractivity contribution in [2.45, 2.75) is 26.3 Å². The molecular formula is C19H23BrN2O2S. The first kappa shape index (κ1) is 18.4. The summed E-state index contributed by atoms with van der Waals surface area (Å²) in [6.45, 7) is 8.18. The summed E-state index contributed by atoms with van der Waals surface area (Å²) in [4.78, 5) is 18.3. The third kappa shape index (κ3) is 4.43. The maximum atomic E-state index is 12.8. The van der Waals surface area contributed by atoms with E-state index in [-0.39, 0.29) is 11.7 Å². The molecule has 0 unspecified atom stereocenters. The Kier molecular flexibility index (Phi) is 5.81. The van der Waals surface area contributed by atoms with Crippen molar-refractivity contribution >= 4 is 33.2 Å². The van der Waals surface area contributed by atoms with Gasteiger partial charge in [-0.3, -0.25) is 9.69 Å². The molecule has 1 amide bonds. The molecule has 0 saturated carbocycles. The number of thiophene rings is 1. The average molecular weight is 423 g/mol. The van der Waals surface area contributed by atoms with Crippen molar-refractivity contribution in [2.75, 3.05) is 26.2 Å². The Morgan fingerprint density at radius 3 is 2.52 bits per heavy atom. The van der Waals surface area contributed by atoms with Gasteiger partial charge in [0.1, 0.15) is 5.75 Å². The normalized spacial score (nSPS) is 15.8. The van der Waals surface area contributed by atoms with E-state index < -0.39 is 0 Å². The lowest BCUT2D eigenvalue weighted by Crippen LogP contribution is -2.48. The number of carbonyl (C=O) groups is 1. The summed E-state index contributed by atoms with van der Waals surface area (Å²) < 4.78 is 1.15. The van der Waals surface area contributed by atoms with Crippen LogP contribution in [-0.4, -0.2) is 47.0 Å². The number of rotatable bonds is 4. The van der Waals surface area contributed by atoms with Crippen LogP contribution in [0.1, 0.15) is 40.6 Å². The third-order valence-electron chi connectivity index (χ3n) is 4.59. The van der Waals surface area contributed by atoms with Crippen LogP contribution in [0.3, 0.4) is 0 Å². The van der Waals surface area contributed by atoms with Crippen LogP contribution in [0, 0.1) is 0 Å². The van der Waals surface area contributed by atoms with Crippen LogP contribution in [0.4, 0.5) is 0 Å². The molecule has 3 rings (SSSR count). The number of aromatic hydroxyl groups is 1. The van der Waals surface area contributed by atoms with Gasteiger partial charge in [-0.05, 0) is 51.7 Å². The monoisotopic (exact) mass is 422 g/mol. The van der Waals surface area contributed by atoms with Crippen LogP contribution in [0.15, 0.2) is 34.1 Å². The molecule has 2 heterocycles. The molecule has 0 atom stereocenters. The van der Waals surface area contributed by atoms with Crippen molar-refractivity contribution in [2.24, 2.45) is 0 Å². The SMILES string of the molecule is CC(C)c1ccc(O)c(C(=O)N2CCN(Cc3ccc(Br)s3)CC2)c1. The summed E-state index contributed by atoms with van der Waals surface area (Å²) >= 11 is 5.25. The summed E-state index contributed by atoms with van der Waals surface area (Å²) in [7, 11) is 0. The number of phenolic OH excluding ortho intramolecular Hbond substituents is 1. The van der Waals surface area contributed by atoms with Gasteiger partial charge in [0.05, 0.1) is 9.35 Å². The number of phenols is 1. The first-order valence-electron chi connectivity index (χ1n) is 8.53. The molecule has 134 valence electrons. The van der Waals surface area contributed by atoms with Crippen LogP contribution < -0.4 is 0 Å². The number of carbonyl (C=O) groups excluding carboxylic acids is 1. The second kappa shape index (κ2) is 7.89. The van der Waals surface area contributed by atoms with Crippen molar-refractivity contribution in [3.8, 4) is 5.75 Å². The highest BCUT2D eigenvalue weighted by Gasteiger charge is 2.24. The molecule has 25 heavy (non-hydrogen) atoms. The van der Waals surface area contributed by atoms with Gasteiger partial charge in [-0.1, -0.05) is 19.9 Å². The Labute approximate surface area is 161 Å². The lowest BCUT2D eigenvalue weighted by molar-refractivity contribution is 0.0626. The van der Waals surface area contributed by atoms with Gasteiger partial charge in [-0.25, -0.2) is 0 Å². The predicted molar refractivity (Wildman–Crippen MR) is 105 cm³/mol. The fourth-order valence-electron chi connectivity index (χ4n) is 3.02. The first-order valence-corrected chi connectivity index (χ1v) is 10.1. The fourth-order valence-corrected chi connectivity index (χ4v) is 4.55. The Bertz CT molecular complexity index is 752. The van der Waals surface area contributed by atoms with Crippen molar-refractivity contribution < 1.29 is 9.90 Å². The van der Waals surface area contributed by atoms with Crippen LogP contribution in [0.2, 0.25) is 0 Å². The summed E-state index contributed by atoms with van der Waals surface area (Å²) in [5.41, 5.74) is 1.49. The molecule has 0 radical (unpaired) electrons. The largest absolute Gasteiger partial charge is 0.507 e. The van der Waals surface area contributed by atoms with E-state index in [1.54, 1.807) is 17.4 Å². The highest BCUT2D eigenvalue weighted by Crippen LogP contribution is 2.26. The van der Waals surface area contributed by atoms with Gasteiger partial charge in [0.15, 0.2) is 0 Å². The standard InChI is InChI=1S/C19H23BrN2O2S/c1-13(2)14-3-5-17(23)16(11-14)19(24)22-9-7-21(8-10-22)12-15-4-6-18(20)25-15/h3-6,11,13,23H,7-10,12H2,1-2H3. The average Bonchev–Trinajstić information content (AvgIpc) is 3.00. The van der Waals surface area contributed by atoms with Gasteiger partial charge < -0.3 is 10.0 Å². The quantitative estimate of drug-likeness (QED) is 0.798. The Morgan fingerprint density at radius 2 is 1.92 bits per heavy atom. The minimum Gasteiger partial charge on any atom is -0.507 e. The summed E-state index contributed by atoms with van der Waals surface area (Å²) in [5, 5.41) is 10.1. The number of nitrogens with zero attached hydrogens (tertiary/aromatic N) is 2. The van der Waals surface area contributed by atoms with E-state index >= 15 is 0 Å². The zero-order valence-electron chi connectivity index (χ0n) is 14.5. The molecule has 1 aliphatic heterocycles. The molecule has 0 spiro atoms. The van der Waals surface area contributed by atoms with Gasteiger partial charge in [-0.2, -0.15) is 0 Å². The number of benzene rings is 1. The molecule has 4 nitrogen and oxygen atoms in total. The van der Waals surface area contributed by atoms with Crippen LogP contribution in [0.25, 0.3) is 0 Å². The lowest BCUT2D eigenvalue weighted by atomic mass is 9.99. The first-order chi connectivity index (χ1) is 11.9. The number of piperazine rings is 1. The van der Waals surface area contributed by atoms with E-state index in [4.69, 9.17) is 0 Å². The fraction of sp³-hybridized carbons (Fsp3) is 0.421. The van der Waals surface area contributed by atoms with Gasteiger partial charge in [0.25, 0.3) is 5.91 Å². The molecule has 6 heteroatoms. The zero-order valence-corrected chi connectivity index (χ0v) is 16.9. The molecule has 0 aliphatic carbocycles. The van der Waals surface area contributed by atoms with Crippen LogP contribution in [0.5, 0.6) is 5.75 Å². The maximum Gasteiger partial charge on any atom is 0.257 e. The minimum atomic E-state index is -0.0708. The molecule has 1 saturated heterocycles. The predicted octanol–water partition coefficient (Wildman–Crippen LogP) is 4.30. The highest BCUT2D eigenvalue weighted by atomic mass is 79.9. The van der Waals surface area contributed by atoms with Crippen molar-refractivity contribution in [3.63, 3.8) is 0 Å². The van der Waals surface area contributed by atoms with Crippen LogP contribution >= 0.6 is 27.3 Å². The van der Waals surface area contributed by atoms with Gasteiger partial charge in [0.2, 0.25) is 0 Å². The van der Waals surface area contributed by atoms with Crippen molar-refractivity contribution in [3.05, 3.63) is 50.1 Å². The zero-order chi connectivity index (χ0) is 18.0. The van der Waals surface area contributed by atoms with Crippen molar-refractivity contribution in [1.82, 2.24) is 9.80 Å². The number of hydrogen-bond donors (Lipinski definition) is 1. The lowest BCUT2D eigenvalue weighted by Gasteiger charge is -2.34. The highest BCUT2D eigenvalue weighted by molar-refractivity contribution is 9.11. The molecule has 0 bridgehead atoms. The second-order valence-corrected chi connectivity index (χ2v) is 9.25. The number of halogens is 1. The summed E-state index contributed by atoms with van der Waals surface area (Å²) in [6, 6.07) is 9.56. The van der Waals surface area contributed by atoms with E-state index in [2.05, 4.69) is 46.8 Å². The van der Waals surface area contributed by atoms with E-state index in [0.29, 0.717) is 24.6 Å². The molecule has 1 N–H and O–H groups in total.